The average molecular weight is 391 g/mol. The van der Waals surface area contributed by atoms with Crippen LogP contribution in [-0.2, 0) is 24.3 Å². The van der Waals surface area contributed by atoms with Gasteiger partial charge in [-0.1, -0.05) is 30.7 Å². The molecule has 0 radical (unpaired) electrons. The molecule has 1 amide bonds. The summed E-state index contributed by atoms with van der Waals surface area (Å²) in [5.41, 5.74) is 1.14. The summed E-state index contributed by atoms with van der Waals surface area (Å²) in [6, 6.07) is 10.3. The van der Waals surface area contributed by atoms with Crippen LogP contribution in [0.1, 0.15) is 18.3 Å². The fourth-order valence-corrected chi connectivity index (χ4v) is 2.68. The molecule has 0 fully saturated rings. The predicted molar refractivity (Wildman–Crippen MR) is 98.1 cm³/mol. The fourth-order valence-electron chi connectivity index (χ4n) is 2.56. The van der Waals surface area contributed by atoms with Gasteiger partial charge in [0.05, 0.1) is 5.02 Å². The Balaban J connectivity index is 1.71. The van der Waals surface area contributed by atoms with E-state index in [1.165, 1.54) is 28.9 Å². The lowest BCUT2D eigenvalue weighted by molar-refractivity contribution is -0.122. The molecule has 8 heteroatoms. The minimum Gasteiger partial charge on any atom is -0.350 e. The Bertz CT molecular complexity index is 974. The summed E-state index contributed by atoms with van der Waals surface area (Å²) >= 11 is 5.70. The van der Waals surface area contributed by atoms with Gasteiger partial charge in [0.15, 0.2) is 5.82 Å². The van der Waals surface area contributed by atoms with Gasteiger partial charge in [0, 0.05) is 18.5 Å². The van der Waals surface area contributed by atoms with Crippen molar-refractivity contribution in [2.75, 3.05) is 0 Å². The van der Waals surface area contributed by atoms with Gasteiger partial charge >= 0.3 is 0 Å². The third-order valence-electron chi connectivity index (χ3n) is 3.91. The van der Waals surface area contributed by atoms with Gasteiger partial charge in [0.2, 0.25) is 5.91 Å². The van der Waals surface area contributed by atoms with Crippen molar-refractivity contribution in [3.05, 3.63) is 70.5 Å². The second-order valence-electron chi connectivity index (χ2n) is 5.90. The minimum atomic E-state index is -0.559. The molecule has 1 heterocycles. The Labute approximate surface area is 160 Å². The van der Waals surface area contributed by atoms with Crippen molar-refractivity contribution < 1.29 is 13.6 Å². The van der Waals surface area contributed by atoms with E-state index < -0.39 is 5.82 Å². The molecule has 3 rings (SSSR count). The van der Waals surface area contributed by atoms with Crippen LogP contribution in [0.15, 0.2) is 42.5 Å². The van der Waals surface area contributed by atoms with E-state index in [2.05, 4.69) is 15.4 Å². The van der Waals surface area contributed by atoms with Crippen molar-refractivity contribution in [3.63, 3.8) is 0 Å². The highest BCUT2D eigenvalue weighted by molar-refractivity contribution is 6.30. The maximum atomic E-state index is 13.7. The van der Waals surface area contributed by atoms with Crippen LogP contribution < -0.4 is 5.32 Å². The molecule has 1 aromatic heterocycles. The molecule has 0 spiro atoms. The molecule has 0 saturated carbocycles. The normalized spacial score (nSPS) is 10.8. The topological polar surface area (TPSA) is 59.8 Å². The quantitative estimate of drug-likeness (QED) is 0.697. The smallest absolute Gasteiger partial charge is 0.242 e. The highest BCUT2D eigenvalue weighted by atomic mass is 35.5. The van der Waals surface area contributed by atoms with Crippen molar-refractivity contribution in [3.8, 4) is 11.4 Å². The lowest BCUT2D eigenvalue weighted by atomic mass is 10.2. The van der Waals surface area contributed by atoms with Crippen molar-refractivity contribution in [1.29, 1.82) is 0 Å². The van der Waals surface area contributed by atoms with E-state index in [1.807, 2.05) is 6.92 Å². The number of hydrogen-bond acceptors (Lipinski definition) is 3. The van der Waals surface area contributed by atoms with Crippen LogP contribution in [0.3, 0.4) is 0 Å². The first-order valence-electron chi connectivity index (χ1n) is 8.36. The maximum absolute atomic E-state index is 13.7. The Morgan fingerprint density at radius 1 is 1.22 bits per heavy atom. The van der Waals surface area contributed by atoms with Gasteiger partial charge in [-0.15, -0.1) is 0 Å². The molecule has 0 saturated heterocycles. The third kappa shape index (κ3) is 4.68. The molecule has 140 valence electrons. The number of aromatic nitrogens is 3. The number of nitrogens with zero attached hydrogens (tertiary/aromatic N) is 3. The van der Waals surface area contributed by atoms with E-state index in [-0.39, 0.29) is 29.8 Å². The number of carbonyl (C=O) groups excluding carboxylic acids is 1. The summed E-state index contributed by atoms with van der Waals surface area (Å²) in [6.45, 7) is 2.06. The zero-order chi connectivity index (χ0) is 19.4. The van der Waals surface area contributed by atoms with Crippen LogP contribution >= 0.6 is 11.6 Å². The van der Waals surface area contributed by atoms with E-state index in [4.69, 9.17) is 11.6 Å². The Hall–Kier alpha value is -2.80. The van der Waals surface area contributed by atoms with Gasteiger partial charge in [-0.3, -0.25) is 4.79 Å². The average Bonchev–Trinajstić information content (AvgIpc) is 3.05. The number of benzene rings is 2. The SMILES string of the molecule is CCc1nc(-c2ccc(Cl)c(F)c2)nn1CC(=O)NCc1cccc(F)c1. The molecular formula is C19H17ClF2N4O. The standard InChI is InChI=1S/C19H17ClF2N4O/c1-2-17-24-19(13-6-7-15(20)16(22)9-13)25-26(17)11-18(27)23-10-12-4-3-5-14(21)8-12/h3-9H,2,10-11H2,1H3,(H,23,27). The third-order valence-corrected chi connectivity index (χ3v) is 4.22. The Kier molecular flexibility index (Phi) is 5.81. The summed E-state index contributed by atoms with van der Waals surface area (Å²) < 4.78 is 28.3. The van der Waals surface area contributed by atoms with Gasteiger partial charge in [0.25, 0.3) is 0 Å². The number of halogens is 3. The molecule has 0 unspecified atom stereocenters. The van der Waals surface area contributed by atoms with Gasteiger partial charge in [-0.25, -0.2) is 18.4 Å². The van der Waals surface area contributed by atoms with Gasteiger partial charge < -0.3 is 5.32 Å². The minimum absolute atomic E-state index is 0.0191. The number of carbonyl (C=O) groups is 1. The van der Waals surface area contributed by atoms with Crippen LogP contribution in [0.25, 0.3) is 11.4 Å². The largest absolute Gasteiger partial charge is 0.350 e. The molecular weight excluding hydrogens is 374 g/mol. The van der Waals surface area contributed by atoms with E-state index in [0.29, 0.717) is 29.2 Å². The zero-order valence-corrected chi connectivity index (χ0v) is 15.3. The van der Waals surface area contributed by atoms with Crippen molar-refractivity contribution >= 4 is 17.5 Å². The lowest BCUT2D eigenvalue weighted by Gasteiger charge is -2.07. The summed E-state index contributed by atoms with van der Waals surface area (Å²) in [4.78, 5) is 16.6. The molecule has 1 N–H and O–H groups in total. The van der Waals surface area contributed by atoms with Gasteiger partial charge in [-0.2, -0.15) is 5.10 Å². The summed E-state index contributed by atoms with van der Waals surface area (Å²) in [5.74, 6) is -0.281. The lowest BCUT2D eigenvalue weighted by Crippen LogP contribution is -2.28. The second-order valence-corrected chi connectivity index (χ2v) is 6.31. The van der Waals surface area contributed by atoms with Crippen molar-refractivity contribution in [2.45, 2.75) is 26.4 Å². The first-order chi connectivity index (χ1) is 13.0. The van der Waals surface area contributed by atoms with Crippen LogP contribution in [0.2, 0.25) is 5.02 Å². The summed E-state index contributed by atoms with van der Waals surface area (Å²) in [7, 11) is 0. The number of rotatable bonds is 6. The van der Waals surface area contributed by atoms with Crippen molar-refractivity contribution in [2.24, 2.45) is 0 Å². The number of hydrogen-bond donors (Lipinski definition) is 1. The van der Waals surface area contributed by atoms with Crippen LogP contribution in [0.4, 0.5) is 8.78 Å². The molecule has 5 nitrogen and oxygen atoms in total. The Morgan fingerprint density at radius 2 is 2.04 bits per heavy atom. The van der Waals surface area contributed by atoms with Crippen LogP contribution in [0.5, 0.6) is 0 Å². The Morgan fingerprint density at radius 3 is 2.74 bits per heavy atom. The van der Waals surface area contributed by atoms with E-state index >= 15 is 0 Å². The highest BCUT2D eigenvalue weighted by Crippen LogP contribution is 2.22. The molecule has 2 aromatic carbocycles. The number of aryl methyl sites for hydroxylation is 1. The summed E-state index contributed by atoms with van der Waals surface area (Å²) in [5, 5.41) is 7.05. The van der Waals surface area contributed by atoms with Gasteiger partial charge in [0.1, 0.15) is 24.0 Å². The molecule has 0 aliphatic carbocycles. The first-order valence-corrected chi connectivity index (χ1v) is 8.74. The molecule has 27 heavy (non-hydrogen) atoms. The van der Waals surface area contributed by atoms with E-state index in [9.17, 15) is 13.6 Å². The zero-order valence-electron chi connectivity index (χ0n) is 14.5. The monoisotopic (exact) mass is 390 g/mol. The second kappa shape index (κ2) is 8.26. The number of amides is 1. The van der Waals surface area contributed by atoms with Gasteiger partial charge in [-0.05, 0) is 35.9 Å². The molecule has 3 aromatic rings. The van der Waals surface area contributed by atoms with Crippen LogP contribution in [-0.4, -0.2) is 20.7 Å². The summed E-state index contributed by atoms with van der Waals surface area (Å²) in [6.07, 6.45) is 0.556. The first kappa shape index (κ1) is 19.0. The highest BCUT2D eigenvalue weighted by Gasteiger charge is 2.14. The molecule has 0 bridgehead atoms. The van der Waals surface area contributed by atoms with E-state index in [0.717, 1.165) is 0 Å². The van der Waals surface area contributed by atoms with Crippen LogP contribution in [0, 0.1) is 11.6 Å². The van der Waals surface area contributed by atoms with E-state index in [1.54, 1.807) is 18.2 Å². The molecule has 0 atom stereocenters. The maximum Gasteiger partial charge on any atom is 0.242 e. The molecule has 0 aliphatic rings. The molecule has 0 aliphatic heterocycles. The number of nitrogens with one attached hydrogen (secondary N) is 1. The predicted octanol–water partition coefficient (Wildman–Crippen LogP) is 3.76. The fraction of sp³-hybridized carbons (Fsp3) is 0.211. The van der Waals surface area contributed by atoms with Crippen molar-refractivity contribution in [1.82, 2.24) is 20.1 Å².